The van der Waals surface area contributed by atoms with Crippen molar-refractivity contribution in [2.24, 2.45) is 0 Å². The van der Waals surface area contributed by atoms with E-state index >= 15 is 0 Å². The number of ether oxygens (including phenoxy) is 1. The van der Waals surface area contributed by atoms with Crippen LogP contribution in [-0.4, -0.2) is 84.4 Å². The zero-order valence-corrected chi connectivity index (χ0v) is 15.5. The second kappa shape index (κ2) is 8.98. The molecule has 2 aliphatic heterocycles. The van der Waals surface area contributed by atoms with Crippen LogP contribution >= 0.6 is 0 Å². The SMILES string of the molecule is COc1ccc(C(=O)N2CCN(CC(=O)N3CCCCCC3)CC2)cn1. The molecule has 0 spiro atoms. The number of amides is 2. The van der Waals surface area contributed by atoms with Crippen LogP contribution < -0.4 is 4.74 Å². The molecule has 3 rings (SSSR count). The summed E-state index contributed by atoms with van der Waals surface area (Å²) in [6.07, 6.45) is 6.24. The number of rotatable bonds is 4. The fourth-order valence-electron chi connectivity index (χ4n) is 3.53. The zero-order valence-electron chi connectivity index (χ0n) is 15.5. The molecule has 1 aromatic heterocycles. The van der Waals surface area contributed by atoms with Crippen LogP contribution in [0, 0.1) is 0 Å². The zero-order chi connectivity index (χ0) is 18.4. The van der Waals surface area contributed by atoms with Gasteiger partial charge in [-0.15, -0.1) is 0 Å². The Morgan fingerprint density at radius 1 is 0.962 bits per heavy atom. The summed E-state index contributed by atoms with van der Waals surface area (Å²) in [4.78, 5) is 35.2. The van der Waals surface area contributed by atoms with Crippen molar-refractivity contribution in [2.45, 2.75) is 25.7 Å². The third kappa shape index (κ3) is 4.72. The lowest BCUT2D eigenvalue weighted by Gasteiger charge is -2.35. The Bertz CT molecular complexity index is 604. The van der Waals surface area contributed by atoms with Gasteiger partial charge in [-0.1, -0.05) is 12.8 Å². The number of hydrogen-bond donors (Lipinski definition) is 0. The molecule has 0 saturated carbocycles. The summed E-state index contributed by atoms with van der Waals surface area (Å²) < 4.78 is 5.02. The average Bonchev–Trinajstić information content (AvgIpc) is 2.98. The summed E-state index contributed by atoms with van der Waals surface area (Å²) in [5.41, 5.74) is 0.569. The van der Waals surface area contributed by atoms with E-state index < -0.39 is 0 Å². The van der Waals surface area contributed by atoms with E-state index in [0.29, 0.717) is 31.1 Å². The van der Waals surface area contributed by atoms with Crippen LogP contribution in [-0.2, 0) is 4.79 Å². The number of piperazine rings is 1. The normalized spacial score (nSPS) is 19.1. The molecule has 2 saturated heterocycles. The Balaban J connectivity index is 1.47. The summed E-state index contributed by atoms with van der Waals surface area (Å²) in [5, 5.41) is 0. The van der Waals surface area contributed by atoms with Crippen molar-refractivity contribution in [1.29, 1.82) is 0 Å². The summed E-state index contributed by atoms with van der Waals surface area (Å²) in [7, 11) is 1.55. The quantitative estimate of drug-likeness (QED) is 0.809. The van der Waals surface area contributed by atoms with E-state index in [1.165, 1.54) is 12.8 Å². The monoisotopic (exact) mass is 360 g/mol. The molecule has 2 fully saturated rings. The van der Waals surface area contributed by atoms with Gasteiger partial charge in [0.2, 0.25) is 11.8 Å². The third-order valence-corrected chi connectivity index (χ3v) is 5.17. The first-order valence-electron chi connectivity index (χ1n) is 9.47. The smallest absolute Gasteiger partial charge is 0.255 e. The minimum Gasteiger partial charge on any atom is -0.481 e. The van der Waals surface area contributed by atoms with Gasteiger partial charge in [-0.2, -0.15) is 0 Å². The second-order valence-corrected chi connectivity index (χ2v) is 6.95. The van der Waals surface area contributed by atoms with Gasteiger partial charge in [0.05, 0.1) is 19.2 Å². The van der Waals surface area contributed by atoms with Gasteiger partial charge in [0.25, 0.3) is 5.91 Å². The second-order valence-electron chi connectivity index (χ2n) is 6.95. The Morgan fingerprint density at radius 3 is 2.23 bits per heavy atom. The van der Waals surface area contributed by atoms with Crippen molar-refractivity contribution >= 4 is 11.8 Å². The molecule has 2 aliphatic rings. The van der Waals surface area contributed by atoms with Gasteiger partial charge >= 0.3 is 0 Å². The number of hydrogen-bond acceptors (Lipinski definition) is 5. The molecule has 7 nitrogen and oxygen atoms in total. The van der Waals surface area contributed by atoms with Crippen LogP contribution in [0.15, 0.2) is 18.3 Å². The van der Waals surface area contributed by atoms with E-state index in [-0.39, 0.29) is 11.8 Å². The van der Waals surface area contributed by atoms with Gasteiger partial charge in [-0.25, -0.2) is 4.98 Å². The summed E-state index contributed by atoms with van der Waals surface area (Å²) in [6.45, 7) is 4.98. The minimum atomic E-state index is -0.0151. The molecule has 142 valence electrons. The topological polar surface area (TPSA) is 66.0 Å². The molecule has 1 aromatic rings. The van der Waals surface area contributed by atoms with Gasteiger partial charge in [-0.05, 0) is 18.9 Å². The van der Waals surface area contributed by atoms with Gasteiger partial charge in [0, 0.05) is 51.5 Å². The first kappa shape index (κ1) is 18.6. The van der Waals surface area contributed by atoms with Crippen molar-refractivity contribution < 1.29 is 14.3 Å². The standard InChI is InChI=1S/C19H28N4O3/c1-26-17-7-6-16(14-20-17)19(25)23-12-10-21(11-13-23)15-18(24)22-8-4-2-3-5-9-22/h6-7,14H,2-5,8-13,15H2,1H3. The van der Waals surface area contributed by atoms with E-state index in [2.05, 4.69) is 9.88 Å². The highest BCUT2D eigenvalue weighted by Gasteiger charge is 2.25. The predicted octanol–water partition coefficient (Wildman–Crippen LogP) is 1.25. The van der Waals surface area contributed by atoms with Gasteiger partial charge < -0.3 is 14.5 Å². The van der Waals surface area contributed by atoms with E-state index in [1.54, 1.807) is 25.4 Å². The maximum Gasteiger partial charge on any atom is 0.255 e. The van der Waals surface area contributed by atoms with E-state index in [9.17, 15) is 9.59 Å². The third-order valence-electron chi connectivity index (χ3n) is 5.17. The first-order chi connectivity index (χ1) is 12.7. The Labute approximate surface area is 154 Å². The molecule has 26 heavy (non-hydrogen) atoms. The Kier molecular flexibility index (Phi) is 6.44. The van der Waals surface area contributed by atoms with Crippen LogP contribution in [0.2, 0.25) is 0 Å². The molecule has 2 amide bonds. The lowest BCUT2D eigenvalue weighted by molar-refractivity contribution is -0.132. The molecule has 0 aliphatic carbocycles. The van der Waals surface area contributed by atoms with Gasteiger partial charge in [0.1, 0.15) is 0 Å². The minimum absolute atomic E-state index is 0.0151. The number of methoxy groups -OCH3 is 1. The number of carbonyl (C=O) groups is 2. The van der Waals surface area contributed by atoms with E-state index in [1.807, 2.05) is 9.80 Å². The van der Waals surface area contributed by atoms with Crippen LogP contribution in [0.1, 0.15) is 36.0 Å². The maximum atomic E-state index is 12.6. The average molecular weight is 360 g/mol. The lowest BCUT2D eigenvalue weighted by Crippen LogP contribution is -2.51. The van der Waals surface area contributed by atoms with Crippen LogP contribution in [0.25, 0.3) is 0 Å². The molecule has 3 heterocycles. The molecular formula is C19H28N4O3. The largest absolute Gasteiger partial charge is 0.481 e. The Morgan fingerprint density at radius 2 is 1.65 bits per heavy atom. The molecule has 0 N–H and O–H groups in total. The van der Waals surface area contributed by atoms with Crippen LogP contribution in [0.4, 0.5) is 0 Å². The van der Waals surface area contributed by atoms with Gasteiger partial charge in [0.15, 0.2) is 0 Å². The number of nitrogens with zero attached hydrogens (tertiary/aromatic N) is 4. The molecular weight excluding hydrogens is 332 g/mol. The van der Waals surface area contributed by atoms with Crippen molar-refractivity contribution in [3.8, 4) is 5.88 Å². The van der Waals surface area contributed by atoms with Crippen molar-refractivity contribution in [3.63, 3.8) is 0 Å². The van der Waals surface area contributed by atoms with E-state index in [4.69, 9.17) is 4.74 Å². The molecule has 0 bridgehead atoms. The molecule has 0 unspecified atom stereocenters. The first-order valence-corrected chi connectivity index (χ1v) is 9.47. The fraction of sp³-hybridized carbons (Fsp3) is 0.632. The predicted molar refractivity (Wildman–Crippen MR) is 98.2 cm³/mol. The highest BCUT2D eigenvalue weighted by atomic mass is 16.5. The molecule has 7 heteroatoms. The van der Waals surface area contributed by atoms with Crippen LogP contribution in [0.5, 0.6) is 5.88 Å². The highest BCUT2D eigenvalue weighted by molar-refractivity contribution is 5.94. The van der Waals surface area contributed by atoms with Crippen molar-refractivity contribution in [2.75, 3.05) is 52.9 Å². The molecule has 0 aromatic carbocycles. The van der Waals surface area contributed by atoms with Crippen LogP contribution in [0.3, 0.4) is 0 Å². The number of carbonyl (C=O) groups excluding carboxylic acids is 2. The number of aromatic nitrogens is 1. The number of pyridine rings is 1. The fourth-order valence-corrected chi connectivity index (χ4v) is 3.53. The molecule has 0 atom stereocenters. The highest BCUT2D eigenvalue weighted by Crippen LogP contribution is 2.13. The van der Waals surface area contributed by atoms with Crippen molar-refractivity contribution in [1.82, 2.24) is 19.7 Å². The summed E-state index contributed by atoms with van der Waals surface area (Å²) >= 11 is 0. The molecule has 0 radical (unpaired) electrons. The van der Waals surface area contributed by atoms with Gasteiger partial charge in [-0.3, -0.25) is 14.5 Å². The summed E-state index contributed by atoms with van der Waals surface area (Å²) in [6, 6.07) is 3.44. The van der Waals surface area contributed by atoms with E-state index in [0.717, 1.165) is 39.0 Å². The maximum absolute atomic E-state index is 12.6. The number of likely N-dealkylation sites (tertiary alicyclic amines) is 1. The summed E-state index contributed by atoms with van der Waals surface area (Å²) in [5.74, 6) is 0.711. The lowest BCUT2D eigenvalue weighted by atomic mass is 10.2. The Hall–Kier alpha value is -2.15. The van der Waals surface area contributed by atoms with Crippen molar-refractivity contribution in [3.05, 3.63) is 23.9 Å².